The van der Waals surface area contributed by atoms with Gasteiger partial charge in [0.25, 0.3) is 0 Å². The zero-order chi connectivity index (χ0) is 32.1. The summed E-state index contributed by atoms with van der Waals surface area (Å²) in [6.07, 6.45) is 0. The van der Waals surface area contributed by atoms with Crippen molar-refractivity contribution >= 4 is 95.6 Å². The molecule has 4 nitrogen and oxygen atoms in total. The number of para-hydroxylation sites is 1. The molecular formula is C43H24N4S2. The molecule has 0 fully saturated rings. The van der Waals surface area contributed by atoms with Gasteiger partial charge in [-0.2, -0.15) is 9.97 Å². The second-order valence-corrected chi connectivity index (χ2v) is 14.5. The minimum Gasteiger partial charge on any atom is -0.278 e. The average Bonchev–Trinajstić information content (AvgIpc) is 3.85. The van der Waals surface area contributed by atoms with Crippen LogP contribution >= 0.6 is 22.7 Å². The molecule has 0 unspecified atom stereocenters. The molecular weight excluding hydrogens is 637 g/mol. The minimum atomic E-state index is 0.608. The van der Waals surface area contributed by atoms with Crippen LogP contribution < -0.4 is 0 Å². The van der Waals surface area contributed by atoms with Crippen molar-refractivity contribution in [3.05, 3.63) is 146 Å². The lowest BCUT2D eigenvalue weighted by Crippen LogP contribution is -2.06. The number of rotatable bonds is 3. The lowest BCUT2D eigenvalue weighted by atomic mass is 9.98. The third-order valence-corrected chi connectivity index (χ3v) is 12.0. The predicted octanol–water partition coefficient (Wildman–Crippen LogP) is 12.2. The van der Waals surface area contributed by atoms with Crippen molar-refractivity contribution in [1.82, 2.24) is 19.5 Å². The molecule has 4 aromatic heterocycles. The summed E-state index contributed by atoms with van der Waals surface area (Å²) in [6.45, 7) is 0. The van der Waals surface area contributed by atoms with Crippen LogP contribution in [0.15, 0.2) is 146 Å². The number of hydrogen-bond acceptors (Lipinski definition) is 5. The van der Waals surface area contributed by atoms with E-state index in [1.807, 2.05) is 59.1 Å². The Hall–Kier alpha value is -5.95. The van der Waals surface area contributed by atoms with Crippen LogP contribution in [0.4, 0.5) is 0 Å². The average molecular weight is 661 g/mol. The molecule has 0 amide bonds. The fourth-order valence-electron chi connectivity index (χ4n) is 7.52. The van der Waals surface area contributed by atoms with Crippen LogP contribution in [0.3, 0.4) is 0 Å². The van der Waals surface area contributed by atoms with E-state index in [-0.39, 0.29) is 0 Å². The van der Waals surface area contributed by atoms with Crippen molar-refractivity contribution in [1.29, 1.82) is 0 Å². The van der Waals surface area contributed by atoms with Crippen LogP contribution in [0.1, 0.15) is 0 Å². The fraction of sp³-hybridized carbons (Fsp3) is 0. The molecule has 0 aliphatic rings. The van der Waals surface area contributed by atoms with Gasteiger partial charge in [0, 0.05) is 67.6 Å². The normalized spacial score (nSPS) is 12.1. The summed E-state index contributed by atoms with van der Waals surface area (Å²) in [4.78, 5) is 15.2. The Labute approximate surface area is 288 Å². The molecule has 0 atom stereocenters. The highest BCUT2D eigenvalue weighted by atomic mass is 32.1. The molecule has 0 radical (unpaired) electrons. The van der Waals surface area contributed by atoms with Gasteiger partial charge < -0.3 is 0 Å². The van der Waals surface area contributed by atoms with Gasteiger partial charge in [0.15, 0.2) is 11.6 Å². The second kappa shape index (κ2) is 10.3. The van der Waals surface area contributed by atoms with E-state index < -0.39 is 0 Å². The van der Waals surface area contributed by atoms with E-state index in [9.17, 15) is 0 Å². The first-order chi connectivity index (χ1) is 24.3. The number of aromatic nitrogens is 4. The maximum Gasteiger partial charge on any atom is 0.238 e. The molecule has 11 aromatic rings. The van der Waals surface area contributed by atoms with Crippen LogP contribution in [0.25, 0.3) is 102 Å². The minimum absolute atomic E-state index is 0.608. The Bertz CT molecular complexity index is 3040. The Balaban J connectivity index is 1.26. The van der Waals surface area contributed by atoms with E-state index in [1.165, 1.54) is 61.9 Å². The fourth-order valence-corrected chi connectivity index (χ4v) is 9.90. The highest BCUT2D eigenvalue weighted by Gasteiger charge is 2.22. The van der Waals surface area contributed by atoms with Crippen LogP contribution in [0.5, 0.6) is 0 Å². The Kier molecular flexibility index (Phi) is 5.67. The van der Waals surface area contributed by atoms with Gasteiger partial charge in [-0.05, 0) is 35.7 Å². The van der Waals surface area contributed by atoms with E-state index in [4.69, 9.17) is 15.0 Å². The lowest BCUT2D eigenvalue weighted by molar-refractivity contribution is 0.953. The van der Waals surface area contributed by atoms with Crippen molar-refractivity contribution in [3.63, 3.8) is 0 Å². The zero-order valence-corrected chi connectivity index (χ0v) is 27.6. The van der Waals surface area contributed by atoms with Crippen molar-refractivity contribution < 1.29 is 0 Å². The third kappa shape index (κ3) is 3.93. The molecule has 0 spiro atoms. The van der Waals surface area contributed by atoms with E-state index >= 15 is 0 Å². The van der Waals surface area contributed by atoms with Gasteiger partial charge in [0.1, 0.15) is 0 Å². The summed E-state index contributed by atoms with van der Waals surface area (Å²) in [5.74, 6) is 1.91. The van der Waals surface area contributed by atoms with E-state index in [2.05, 4.69) is 114 Å². The van der Waals surface area contributed by atoms with Gasteiger partial charge in [-0.15, -0.1) is 22.7 Å². The van der Waals surface area contributed by atoms with Gasteiger partial charge >= 0.3 is 0 Å². The van der Waals surface area contributed by atoms with Crippen LogP contribution in [-0.4, -0.2) is 19.5 Å². The van der Waals surface area contributed by atoms with E-state index in [0.29, 0.717) is 17.6 Å². The largest absolute Gasteiger partial charge is 0.278 e. The van der Waals surface area contributed by atoms with Crippen molar-refractivity contribution in [2.45, 2.75) is 0 Å². The third-order valence-electron chi connectivity index (χ3n) is 9.65. The molecule has 0 saturated carbocycles. The van der Waals surface area contributed by atoms with E-state index in [0.717, 1.165) is 22.2 Å². The number of fused-ring (bicyclic) bond motifs is 13. The molecule has 4 heterocycles. The molecule has 0 bridgehead atoms. The van der Waals surface area contributed by atoms with Gasteiger partial charge in [0.05, 0.1) is 11.0 Å². The van der Waals surface area contributed by atoms with Gasteiger partial charge in [-0.25, -0.2) is 4.98 Å². The maximum absolute atomic E-state index is 5.14. The SMILES string of the molecule is c1ccc(-c2nc(-c3ccccc3)nc(-n3c4ccccc4c4c5sc6ccc7ccc8sc9ccccc9c8c7c6c5ccc43)n2)cc1. The van der Waals surface area contributed by atoms with Crippen LogP contribution in [0, 0.1) is 0 Å². The number of thiophene rings is 2. The molecule has 7 aromatic carbocycles. The number of benzene rings is 7. The summed E-state index contributed by atoms with van der Waals surface area (Å²) in [5, 5.41) is 10.4. The van der Waals surface area contributed by atoms with Gasteiger partial charge in [0.2, 0.25) is 5.95 Å². The summed E-state index contributed by atoms with van der Waals surface area (Å²) >= 11 is 3.76. The van der Waals surface area contributed by atoms with Crippen molar-refractivity contribution in [2.75, 3.05) is 0 Å². The Morgan fingerprint density at radius 1 is 0.388 bits per heavy atom. The standard InChI is InChI=1S/C43H24N4S2/c1-3-11-26(12-4-1)41-44-42(27-13-5-2-6-14-27)46-43(45-41)47-31-17-9-7-15-28(31)37-32(47)22-21-30-39-35(49-40(30)37)24-20-25-19-23-34-38(36(25)39)29-16-8-10-18-33(29)48-34/h1-24H. The van der Waals surface area contributed by atoms with Gasteiger partial charge in [-0.3, -0.25) is 4.57 Å². The maximum atomic E-state index is 5.14. The topological polar surface area (TPSA) is 43.6 Å². The Morgan fingerprint density at radius 2 is 1.00 bits per heavy atom. The number of nitrogens with zero attached hydrogens (tertiary/aromatic N) is 4. The van der Waals surface area contributed by atoms with E-state index in [1.54, 1.807) is 0 Å². The molecule has 0 aliphatic heterocycles. The molecule has 0 aliphatic carbocycles. The predicted molar refractivity (Wildman–Crippen MR) is 208 cm³/mol. The quantitative estimate of drug-likeness (QED) is 0.189. The van der Waals surface area contributed by atoms with Crippen LogP contribution in [0.2, 0.25) is 0 Å². The van der Waals surface area contributed by atoms with Crippen molar-refractivity contribution in [3.8, 4) is 28.7 Å². The van der Waals surface area contributed by atoms with Crippen molar-refractivity contribution in [2.24, 2.45) is 0 Å². The first-order valence-electron chi connectivity index (χ1n) is 16.3. The van der Waals surface area contributed by atoms with Crippen LogP contribution in [-0.2, 0) is 0 Å². The highest BCUT2D eigenvalue weighted by molar-refractivity contribution is 7.27. The second-order valence-electron chi connectivity index (χ2n) is 12.4. The monoisotopic (exact) mass is 660 g/mol. The van der Waals surface area contributed by atoms with Gasteiger partial charge in [-0.1, -0.05) is 115 Å². The molecule has 49 heavy (non-hydrogen) atoms. The summed E-state index contributed by atoms with van der Waals surface area (Å²) in [7, 11) is 0. The summed E-state index contributed by atoms with van der Waals surface area (Å²) in [6, 6.07) is 51.6. The zero-order valence-electron chi connectivity index (χ0n) is 26.0. The molecule has 11 rings (SSSR count). The summed E-state index contributed by atoms with van der Waals surface area (Å²) < 4.78 is 7.46. The summed E-state index contributed by atoms with van der Waals surface area (Å²) in [5.41, 5.74) is 4.06. The smallest absolute Gasteiger partial charge is 0.238 e. The molecule has 228 valence electrons. The lowest BCUT2D eigenvalue weighted by Gasteiger charge is -2.11. The molecule has 6 heteroatoms. The first-order valence-corrected chi connectivity index (χ1v) is 17.9. The Morgan fingerprint density at radius 3 is 1.73 bits per heavy atom. The first kappa shape index (κ1) is 27.0. The highest BCUT2D eigenvalue weighted by Crippen LogP contribution is 2.48. The number of hydrogen-bond donors (Lipinski definition) is 0. The molecule has 0 saturated heterocycles. The molecule has 0 N–H and O–H groups in total.